The van der Waals surface area contributed by atoms with Crippen LogP contribution >= 0.6 is 15.9 Å². The number of halogens is 1. The van der Waals surface area contributed by atoms with E-state index < -0.39 is 6.04 Å². The number of likely N-dealkylation sites (N-methyl/N-ethyl adjacent to an activating group) is 1. The van der Waals surface area contributed by atoms with Gasteiger partial charge in [-0.15, -0.1) is 0 Å². The van der Waals surface area contributed by atoms with Gasteiger partial charge in [-0.3, -0.25) is 9.59 Å². The fourth-order valence-electron chi connectivity index (χ4n) is 3.57. The van der Waals surface area contributed by atoms with Gasteiger partial charge in [-0.1, -0.05) is 70.5 Å². The molecule has 33 heavy (non-hydrogen) atoms. The van der Waals surface area contributed by atoms with Crippen LogP contribution < -0.4 is 10.1 Å². The van der Waals surface area contributed by atoms with Crippen molar-refractivity contribution in [2.45, 2.75) is 32.9 Å². The maximum absolute atomic E-state index is 13.4. The molecule has 1 atom stereocenters. The minimum absolute atomic E-state index is 0.148. The van der Waals surface area contributed by atoms with Gasteiger partial charge in [-0.05, 0) is 54.8 Å². The van der Waals surface area contributed by atoms with Gasteiger partial charge in [0.05, 0.1) is 0 Å². The molecule has 1 unspecified atom stereocenters. The maximum Gasteiger partial charge on any atom is 0.261 e. The molecule has 0 bridgehead atoms. The normalized spacial score (nSPS) is 11.5. The van der Waals surface area contributed by atoms with Crippen LogP contribution in [-0.2, 0) is 22.6 Å². The Bertz CT molecular complexity index is 1050. The Kier molecular flexibility index (Phi) is 9.07. The molecule has 1 N–H and O–H groups in total. The number of carbonyl (C=O) groups excluding carboxylic acids is 2. The Hall–Kier alpha value is -3.12. The first-order valence-electron chi connectivity index (χ1n) is 11.0. The number of nitrogens with one attached hydrogen (secondary N) is 1. The van der Waals surface area contributed by atoms with Crippen LogP contribution in [0.15, 0.2) is 83.3 Å². The van der Waals surface area contributed by atoms with Crippen LogP contribution in [0, 0.1) is 6.92 Å². The molecule has 3 rings (SSSR count). The average Bonchev–Trinajstić information content (AvgIpc) is 2.82. The van der Waals surface area contributed by atoms with Crippen LogP contribution in [0.25, 0.3) is 0 Å². The van der Waals surface area contributed by atoms with Gasteiger partial charge in [0.1, 0.15) is 11.8 Å². The zero-order valence-corrected chi connectivity index (χ0v) is 20.5. The van der Waals surface area contributed by atoms with Crippen molar-refractivity contribution in [2.24, 2.45) is 0 Å². The highest BCUT2D eigenvalue weighted by atomic mass is 79.9. The molecule has 0 saturated heterocycles. The van der Waals surface area contributed by atoms with Gasteiger partial charge >= 0.3 is 0 Å². The monoisotopic (exact) mass is 508 g/mol. The Morgan fingerprint density at radius 2 is 1.70 bits per heavy atom. The molecule has 0 fully saturated rings. The molecule has 6 heteroatoms. The van der Waals surface area contributed by atoms with Crippen LogP contribution in [0.5, 0.6) is 5.75 Å². The van der Waals surface area contributed by atoms with Crippen LogP contribution in [0.1, 0.15) is 23.6 Å². The van der Waals surface area contributed by atoms with Crippen LogP contribution in [0.4, 0.5) is 0 Å². The number of hydrogen-bond acceptors (Lipinski definition) is 3. The summed E-state index contributed by atoms with van der Waals surface area (Å²) in [5.74, 6) is 0.207. The summed E-state index contributed by atoms with van der Waals surface area (Å²) < 4.78 is 6.75. The number of ether oxygens (including phenoxy) is 1. The van der Waals surface area contributed by atoms with E-state index in [0.29, 0.717) is 25.3 Å². The van der Waals surface area contributed by atoms with Gasteiger partial charge in [0.25, 0.3) is 5.91 Å². The summed E-state index contributed by atoms with van der Waals surface area (Å²) >= 11 is 3.45. The van der Waals surface area contributed by atoms with Gasteiger partial charge in [0.15, 0.2) is 6.61 Å². The fourth-order valence-corrected chi connectivity index (χ4v) is 3.83. The Labute approximate surface area is 203 Å². The van der Waals surface area contributed by atoms with E-state index >= 15 is 0 Å². The number of nitrogens with zero attached hydrogens (tertiary/aromatic N) is 1. The molecule has 0 saturated carbocycles. The molecule has 5 nitrogen and oxygen atoms in total. The second kappa shape index (κ2) is 12.2. The predicted octanol–water partition coefficient (Wildman–Crippen LogP) is 4.91. The number of rotatable bonds is 10. The molecule has 3 aromatic rings. The van der Waals surface area contributed by atoms with Crippen molar-refractivity contribution in [2.75, 3.05) is 13.2 Å². The summed E-state index contributed by atoms with van der Waals surface area (Å²) in [5, 5.41) is 2.90. The van der Waals surface area contributed by atoms with Crippen molar-refractivity contribution in [3.8, 4) is 5.75 Å². The minimum Gasteiger partial charge on any atom is -0.484 e. The van der Waals surface area contributed by atoms with Gasteiger partial charge < -0.3 is 15.0 Å². The highest BCUT2D eigenvalue weighted by Gasteiger charge is 2.30. The zero-order valence-electron chi connectivity index (χ0n) is 19.0. The Balaban J connectivity index is 1.88. The summed E-state index contributed by atoms with van der Waals surface area (Å²) in [5.41, 5.74) is 2.97. The summed E-state index contributed by atoms with van der Waals surface area (Å²) in [6.45, 7) is 4.49. The summed E-state index contributed by atoms with van der Waals surface area (Å²) in [4.78, 5) is 28.2. The predicted molar refractivity (Wildman–Crippen MR) is 134 cm³/mol. The lowest BCUT2D eigenvalue weighted by Crippen LogP contribution is -2.51. The van der Waals surface area contributed by atoms with Crippen molar-refractivity contribution in [1.82, 2.24) is 10.2 Å². The molecule has 0 aliphatic carbocycles. The molecular weight excluding hydrogens is 480 g/mol. The molecule has 0 aromatic heterocycles. The highest BCUT2D eigenvalue weighted by Crippen LogP contribution is 2.18. The first kappa shape index (κ1) is 24.5. The molecular formula is C27H29BrN2O3. The number of benzene rings is 3. The van der Waals surface area contributed by atoms with Crippen molar-refractivity contribution < 1.29 is 14.3 Å². The minimum atomic E-state index is -0.662. The van der Waals surface area contributed by atoms with E-state index in [1.54, 1.807) is 4.90 Å². The summed E-state index contributed by atoms with van der Waals surface area (Å²) in [6, 6.07) is 24.4. The fraction of sp³-hybridized carbons (Fsp3) is 0.259. The third-order valence-electron chi connectivity index (χ3n) is 5.24. The van der Waals surface area contributed by atoms with E-state index in [2.05, 4.69) is 21.2 Å². The molecule has 0 spiro atoms. The second-order valence-electron chi connectivity index (χ2n) is 7.85. The van der Waals surface area contributed by atoms with E-state index in [0.717, 1.165) is 21.2 Å². The second-order valence-corrected chi connectivity index (χ2v) is 8.77. The molecule has 0 radical (unpaired) electrons. The maximum atomic E-state index is 13.4. The lowest BCUT2D eigenvalue weighted by atomic mass is 10.0. The van der Waals surface area contributed by atoms with Crippen molar-refractivity contribution in [3.05, 3.63) is 100 Å². The van der Waals surface area contributed by atoms with Gasteiger partial charge in [-0.25, -0.2) is 0 Å². The lowest BCUT2D eigenvalue weighted by Gasteiger charge is -2.31. The Morgan fingerprint density at radius 1 is 0.970 bits per heavy atom. The van der Waals surface area contributed by atoms with Gasteiger partial charge in [-0.2, -0.15) is 0 Å². The topological polar surface area (TPSA) is 58.6 Å². The molecule has 172 valence electrons. The number of amides is 2. The van der Waals surface area contributed by atoms with Crippen LogP contribution in [0.2, 0.25) is 0 Å². The SMILES string of the molecule is CCNC(=O)C(Cc1ccccc1)N(Cc1ccc(Br)cc1)C(=O)COc1cccc(C)c1. The van der Waals surface area contributed by atoms with E-state index in [1.165, 1.54) is 0 Å². The van der Waals surface area contributed by atoms with Crippen molar-refractivity contribution in [3.63, 3.8) is 0 Å². The molecule has 0 aliphatic heterocycles. The molecule has 2 amide bonds. The first-order chi connectivity index (χ1) is 16.0. The van der Waals surface area contributed by atoms with Crippen molar-refractivity contribution >= 4 is 27.7 Å². The average molecular weight is 509 g/mol. The van der Waals surface area contributed by atoms with Crippen molar-refractivity contribution in [1.29, 1.82) is 0 Å². The highest BCUT2D eigenvalue weighted by molar-refractivity contribution is 9.10. The quantitative estimate of drug-likeness (QED) is 0.423. The van der Waals surface area contributed by atoms with E-state index in [1.807, 2.05) is 92.7 Å². The van der Waals surface area contributed by atoms with Crippen LogP contribution in [-0.4, -0.2) is 35.9 Å². The van der Waals surface area contributed by atoms with E-state index in [4.69, 9.17) is 4.74 Å². The summed E-state index contributed by atoms with van der Waals surface area (Å²) in [6.07, 6.45) is 0.416. The zero-order chi connectivity index (χ0) is 23.6. The lowest BCUT2D eigenvalue weighted by molar-refractivity contribution is -0.142. The number of aryl methyl sites for hydroxylation is 1. The number of hydrogen-bond donors (Lipinski definition) is 1. The molecule has 3 aromatic carbocycles. The van der Waals surface area contributed by atoms with E-state index in [-0.39, 0.29) is 18.4 Å². The van der Waals surface area contributed by atoms with Crippen LogP contribution in [0.3, 0.4) is 0 Å². The third kappa shape index (κ3) is 7.46. The molecule has 0 aliphatic rings. The third-order valence-corrected chi connectivity index (χ3v) is 5.77. The first-order valence-corrected chi connectivity index (χ1v) is 11.8. The standard InChI is InChI=1S/C27H29BrN2O3/c1-3-29-27(32)25(17-21-9-5-4-6-10-21)30(18-22-12-14-23(28)15-13-22)26(31)19-33-24-11-7-8-20(2)16-24/h4-16,25H,3,17-19H2,1-2H3,(H,29,32). The van der Waals surface area contributed by atoms with Gasteiger partial charge in [0.2, 0.25) is 5.91 Å². The van der Waals surface area contributed by atoms with E-state index in [9.17, 15) is 9.59 Å². The smallest absolute Gasteiger partial charge is 0.261 e. The summed E-state index contributed by atoms with van der Waals surface area (Å²) in [7, 11) is 0. The Morgan fingerprint density at radius 3 is 2.36 bits per heavy atom. The number of carbonyl (C=O) groups is 2. The molecule has 0 heterocycles. The van der Waals surface area contributed by atoms with Gasteiger partial charge in [0, 0.05) is 24.0 Å². The largest absolute Gasteiger partial charge is 0.484 e.